The molecule has 0 N–H and O–H groups in total. The number of rotatable bonds is 8. The van der Waals surface area contributed by atoms with E-state index in [-0.39, 0.29) is 40.3 Å². The monoisotopic (exact) mass is 492 g/mol. The van der Waals surface area contributed by atoms with E-state index in [0.29, 0.717) is 11.1 Å². The van der Waals surface area contributed by atoms with E-state index in [1.165, 1.54) is 50.6 Å². The van der Waals surface area contributed by atoms with Crippen LogP contribution in [0.2, 0.25) is 5.02 Å². The normalized spacial score (nSPS) is 14.5. The SMILES string of the molecule is COC(=O)COc1c(Cl)cc(C=C2SC(=O)N(Cc3cccc([N+](=O)[O-])c3)C2=O)cc1OC. The molecule has 0 spiro atoms. The maximum Gasteiger partial charge on any atom is 0.343 e. The molecular weight excluding hydrogens is 476 g/mol. The van der Waals surface area contributed by atoms with Crippen molar-refractivity contribution in [3.05, 3.63) is 67.6 Å². The van der Waals surface area contributed by atoms with Gasteiger partial charge in [0, 0.05) is 12.1 Å². The number of carbonyl (C=O) groups excluding carboxylic acids is 3. The third kappa shape index (κ3) is 5.62. The van der Waals surface area contributed by atoms with Crippen LogP contribution in [0.1, 0.15) is 11.1 Å². The summed E-state index contributed by atoms with van der Waals surface area (Å²) >= 11 is 6.99. The summed E-state index contributed by atoms with van der Waals surface area (Å²) in [6.45, 7) is -0.476. The number of non-ortho nitro benzene ring substituents is 1. The van der Waals surface area contributed by atoms with Crippen molar-refractivity contribution in [2.75, 3.05) is 20.8 Å². The van der Waals surface area contributed by atoms with Gasteiger partial charge in [-0.1, -0.05) is 23.7 Å². The first-order chi connectivity index (χ1) is 15.7. The topological polar surface area (TPSA) is 125 Å². The van der Waals surface area contributed by atoms with E-state index in [1.807, 2.05) is 0 Å². The number of ether oxygens (including phenoxy) is 3. The molecule has 3 rings (SSSR count). The lowest BCUT2D eigenvalue weighted by Crippen LogP contribution is -2.27. The molecule has 12 heteroatoms. The second-order valence-electron chi connectivity index (χ2n) is 6.59. The number of hydrogen-bond acceptors (Lipinski definition) is 9. The summed E-state index contributed by atoms with van der Waals surface area (Å²) in [5, 5.41) is 10.6. The molecule has 0 aliphatic carbocycles. The number of halogens is 1. The van der Waals surface area contributed by atoms with Crippen molar-refractivity contribution in [1.82, 2.24) is 4.90 Å². The lowest BCUT2D eigenvalue weighted by molar-refractivity contribution is -0.384. The van der Waals surface area contributed by atoms with E-state index in [4.69, 9.17) is 21.1 Å². The van der Waals surface area contributed by atoms with Crippen LogP contribution in [-0.4, -0.2) is 47.8 Å². The van der Waals surface area contributed by atoms with Crippen molar-refractivity contribution in [3.63, 3.8) is 0 Å². The lowest BCUT2D eigenvalue weighted by atomic mass is 10.1. The minimum Gasteiger partial charge on any atom is -0.493 e. The van der Waals surface area contributed by atoms with Gasteiger partial charge >= 0.3 is 5.97 Å². The average Bonchev–Trinajstić information content (AvgIpc) is 3.05. The van der Waals surface area contributed by atoms with E-state index in [2.05, 4.69) is 4.74 Å². The summed E-state index contributed by atoms with van der Waals surface area (Å²) in [5.41, 5.74) is 0.777. The van der Waals surface area contributed by atoms with Gasteiger partial charge in [0.2, 0.25) is 0 Å². The maximum atomic E-state index is 12.8. The van der Waals surface area contributed by atoms with Crippen molar-refractivity contribution in [1.29, 1.82) is 0 Å². The Kier molecular flexibility index (Phi) is 7.56. The second kappa shape index (κ2) is 10.4. The Morgan fingerprint density at radius 2 is 2.00 bits per heavy atom. The zero-order valence-corrected chi connectivity index (χ0v) is 19.0. The number of nitro groups is 1. The molecule has 2 amide bonds. The molecule has 172 valence electrons. The Morgan fingerprint density at radius 1 is 1.24 bits per heavy atom. The van der Waals surface area contributed by atoms with Crippen LogP contribution in [-0.2, 0) is 20.9 Å². The fourth-order valence-electron chi connectivity index (χ4n) is 2.89. The Labute approximate surface area is 197 Å². The molecule has 0 unspecified atom stereocenters. The number of benzene rings is 2. The maximum absolute atomic E-state index is 12.8. The van der Waals surface area contributed by atoms with Gasteiger partial charge in [0.15, 0.2) is 18.1 Å². The third-order valence-electron chi connectivity index (χ3n) is 4.45. The van der Waals surface area contributed by atoms with Gasteiger partial charge < -0.3 is 14.2 Å². The Hall–Kier alpha value is -3.57. The number of nitro benzene ring substituents is 1. The molecule has 10 nitrogen and oxygen atoms in total. The highest BCUT2D eigenvalue weighted by atomic mass is 35.5. The summed E-state index contributed by atoms with van der Waals surface area (Å²) in [7, 11) is 2.60. The van der Waals surface area contributed by atoms with Gasteiger partial charge in [-0.2, -0.15) is 0 Å². The fraction of sp³-hybridized carbons (Fsp3) is 0.190. The smallest absolute Gasteiger partial charge is 0.343 e. The van der Waals surface area contributed by atoms with E-state index >= 15 is 0 Å². The number of esters is 1. The van der Waals surface area contributed by atoms with Crippen LogP contribution in [0.5, 0.6) is 11.5 Å². The van der Waals surface area contributed by atoms with Crippen LogP contribution >= 0.6 is 23.4 Å². The van der Waals surface area contributed by atoms with Crippen LogP contribution < -0.4 is 9.47 Å². The molecule has 2 aromatic rings. The number of nitrogens with zero attached hydrogens (tertiary/aromatic N) is 2. The van der Waals surface area contributed by atoms with Crippen LogP contribution in [0.25, 0.3) is 6.08 Å². The molecule has 0 aromatic heterocycles. The molecule has 0 radical (unpaired) electrons. The van der Waals surface area contributed by atoms with Crippen molar-refractivity contribution in [2.24, 2.45) is 0 Å². The lowest BCUT2D eigenvalue weighted by Gasteiger charge is -2.13. The van der Waals surface area contributed by atoms with Gasteiger partial charge in [-0.25, -0.2) is 4.79 Å². The molecule has 1 aliphatic rings. The van der Waals surface area contributed by atoms with Gasteiger partial charge in [0.25, 0.3) is 16.8 Å². The molecule has 0 bridgehead atoms. The summed E-state index contributed by atoms with van der Waals surface area (Å²) in [6.07, 6.45) is 1.47. The number of hydrogen-bond donors (Lipinski definition) is 0. The van der Waals surface area contributed by atoms with Crippen molar-refractivity contribution < 1.29 is 33.5 Å². The zero-order chi connectivity index (χ0) is 24.1. The van der Waals surface area contributed by atoms with E-state index in [9.17, 15) is 24.5 Å². The van der Waals surface area contributed by atoms with Crippen molar-refractivity contribution >= 4 is 52.2 Å². The van der Waals surface area contributed by atoms with Crippen molar-refractivity contribution in [3.8, 4) is 11.5 Å². The molecule has 0 saturated carbocycles. The zero-order valence-electron chi connectivity index (χ0n) is 17.4. The number of imide groups is 1. The Morgan fingerprint density at radius 3 is 2.67 bits per heavy atom. The predicted molar refractivity (Wildman–Crippen MR) is 120 cm³/mol. The molecule has 1 heterocycles. The quantitative estimate of drug-likeness (QED) is 0.232. The fourth-order valence-corrected chi connectivity index (χ4v) is 4.00. The number of carbonyl (C=O) groups is 3. The summed E-state index contributed by atoms with van der Waals surface area (Å²) < 4.78 is 15.1. The first-order valence-electron chi connectivity index (χ1n) is 9.29. The minimum atomic E-state index is -0.602. The first-order valence-corrected chi connectivity index (χ1v) is 10.5. The number of amides is 2. The van der Waals surface area contributed by atoms with Gasteiger partial charge in [0.1, 0.15) is 0 Å². The van der Waals surface area contributed by atoms with Gasteiger partial charge in [-0.05, 0) is 41.1 Å². The Bertz CT molecular complexity index is 1170. The van der Waals surface area contributed by atoms with Gasteiger partial charge in [-0.3, -0.25) is 24.6 Å². The standard InChI is InChI=1S/C21H17ClN2O8S/c1-30-16-8-13(7-15(22)19(16)32-11-18(25)31-2)9-17-20(26)23(21(27)33-17)10-12-4-3-5-14(6-12)24(28)29/h3-9H,10-11H2,1-2H3. The predicted octanol–water partition coefficient (Wildman–Crippen LogP) is 4.05. The van der Waals surface area contributed by atoms with E-state index in [1.54, 1.807) is 6.07 Å². The molecule has 33 heavy (non-hydrogen) atoms. The molecule has 1 saturated heterocycles. The second-order valence-corrected chi connectivity index (χ2v) is 7.99. The molecule has 0 atom stereocenters. The summed E-state index contributed by atoms with van der Waals surface area (Å²) in [5.74, 6) is -0.804. The highest BCUT2D eigenvalue weighted by molar-refractivity contribution is 8.18. The molecular formula is C21H17ClN2O8S. The van der Waals surface area contributed by atoms with Gasteiger partial charge in [0.05, 0.1) is 35.6 Å². The summed E-state index contributed by atoms with van der Waals surface area (Å²) in [6, 6.07) is 8.74. The van der Waals surface area contributed by atoms with E-state index in [0.717, 1.165) is 16.7 Å². The van der Waals surface area contributed by atoms with Crippen molar-refractivity contribution in [2.45, 2.75) is 6.54 Å². The number of methoxy groups -OCH3 is 2. The van der Waals surface area contributed by atoms with E-state index < -0.39 is 22.0 Å². The van der Waals surface area contributed by atoms with Crippen LogP contribution in [0.4, 0.5) is 10.5 Å². The highest BCUT2D eigenvalue weighted by Crippen LogP contribution is 2.39. The summed E-state index contributed by atoms with van der Waals surface area (Å²) in [4.78, 5) is 48.1. The minimum absolute atomic E-state index is 0.103. The largest absolute Gasteiger partial charge is 0.493 e. The third-order valence-corrected chi connectivity index (χ3v) is 5.64. The van der Waals surface area contributed by atoms with Gasteiger partial charge in [-0.15, -0.1) is 0 Å². The molecule has 2 aromatic carbocycles. The molecule has 1 aliphatic heterocycles. The Balaban J connectivity index is 1.82. The molecule has 1 fully saturated rings. The van der Waals surface area contributed by atoms with Crippen LogP contribution in [0.3, 0.4) is 0 Å². The highest BCUT2D eigenvalue weighted by Gasteiger charge is 2.35. The average molecular weight is 493 g/mol. The first kappa shape index (κ1) is 24.1. The van der Waals surface area contributed by atoms with Crippen LogP contribution in [0.15, 0.2) is 41.3 Å². The van der Waals surface area contributed by atoms with Crippen LogP contribution in [0, 0.1) is 10.1 Å². The number of thioether (sulfide) groups is 1.